The smallest absolute Gasteiger partial charge is 0.248 e. The molecule has 0 saturated carbocycles. The third-order valence-electron chi connectivity index (χ3n) is 4.40. The number of hydrogen-bond acceptors (Lipinski definition) is 3. The lowest BCUT2D eigenvalue weighted by Crippen LogP contribution is -2.22. The van der Waals surface area contributed by atoms with Gasteiger partial charge in [0.05, 0.1) is 5.25 Å². The van der Waals surface area contributed by atoms with Crippen LogP contribution in [0.15, 0.2) is 35.2 Å². The van der Waals surface area contributed by atoms with Crippen molar-refractivity contribution < 1.29 is 9.59 Å². The average molecular weight is 356 g/mol. The third-order valence-corrected chi connectivity index (χ3v) is 5.81. The maximum atomic E-state index is 12.5. The summed E-state index contributed by atoms with van der Waals surface area (Å²) in [4.78, 5) is 24.8. The molecule has 0 saturated heterocycles. The summed E-state index contributed by atoms with van der Waals surface area (Å²) < 4.78 is 0. The highest BCUT2D eigenvalue weighted by atomic mass is 32.2. The van der Waals surface area contributed by atoms with E-state index in [0.29, 0.717) is 11.3 Å². The van der Waals surface area contributed by atoms with Crippen LogP contribution in [0.25, 0.3) is 0 Å². The van der Waals surface area contributed by atoms with Crippen molar-refractivity contribution in [2.75, 3.05) is 5.32 Å². The van der Waals surface area contributed by atoms with Crippen molar-refractivity contribution in [3.63, 3.8) is 0 Å². The summed E-state index contributed by atoms with van der Waals surface area (Å²) in [6.07, 6.45) is 0. The highest BCUT2D eigenvalue weighted by Gasteiger charge is 2.18. The fraction of sp³-hybridized carbons (Fsp3) is 0.300. The zero-order valence-electron chi connectivity index (χ0n) is 15.3. The Bertz CT molecular complexity index is 787. The zero-order valence-corrected chi connectivity index (χ0v) is 16.1. The number of nitrogens with two attached hydrogens (primary N) is 1. The van der Waals surface area contributed by atoms with Gasteiger partial charge in [-0.25, -0.2) is 0 Å². The summed E-state index contributed by atoms with van der Waals surface area (Å²) in [5.74, 6) is -0.558. The van der Waals surface area contributed by atoms with Crippen LogP contribution in [0.4, 0.5) is 5.69 Å². The van der Waals surface area contributed by atoms with Gasteiger partial charge >= 0.3 is 0 Å². The molecule has 2 amide bonds. The molecule has 2 rings (SSSR count). The van der Waals surface area contributed by atoms with Gasteiger partial charge in [-0.3, -0.25) is 9.59 Å². The molecule has 0 aromatic heterocycles. The number of amides is 2. The number of hydrogen-bond donors (Lipinski definition) is 2. The summed E-state index contributed by atoms with van der Waals surface area (Å²) in [6, 6.07) is 8.76. The van der Waals surface area contributed by atoms with Crippen LogP contribution in [-0.2, 0) is 4.79 Å². The summed E-state index contributed by atoms with van der Waals surface area (Å²) in [6.45, 7) is 10.3. The van der Waals surface area contributed by atoms with E-state index in [9.17, 15) is 9.59 Å². The molecule has 0 aliphatic carbocycles. The predicted molar refractivity (Wildman–Crippen MR) is 104 cm³/mol. The van der Waals surface area contributed by atoms with Crippen LogP contribution in [0.2, 0.25) is 0 Å². The highest BCUT2D eigenvalue weighted by molar-refractivity contribution is 8.00. The molecule has 0 fully saturated rings. The van der Waals surface area contributed by atoms with Crippen molar-refractivity contribution in [3.8, 4) is 0 Å². The third kappa shape index (κ3) is 4.42. The lowest BCUT2D eigenvalue weighted by atomic mass is 10.0. The number of carbonyl (C=O) groups is 2. The van der Waals surface area contributed by atoms with Gasteiger partial charge in [-0.15, -0.1) is 11.8 Å². The van der Waals surface area contributed by atoms with Gasteiger partial charge in [0, 0.05) is 16.1 Å². The van der Waals surface area contributed by atoms with Crippen molar-refractivity contribution in [1.82, 2.24) is 0 Å². The first-order valence-electron chi connectivity index (χ1n) is 8.15. The SMILES string of the molecule is Cc1cc(C)c(C)c(S[C@H](C)C(=O)Nc2ccc(C(N)=O)cc2)c1C. The molecule has 0 aliphatic heterocycles. The molecule has 2 aromatic rings. The number of anilines is 1. The minimum atomic E-state index is -0.484. The minimum Gasteiger partial charge on any atom is -0.366 e. The molecule has 2 aromatic carbocycles. The van der Waals surface area contributed by atoms with Gasteiger partial charge in [0.1, 0.15) is 0 Å². The Morgan fingerprint density at radius 1 is 1.00 bits per heavy atom. The van der Waals surface area contributed by atoms with Crippen molar-refractivity contribution in [2.45, 2.75) is 44.8 Å². The first kappa shape index (κ1) is 19.1. The molecule has 0 radical (unpaired) electrons. The monoisotopic (exact) mass is 356 g/mol. The largest absolute Gasteiger partial charge is 0.366 e. The standard InChI is InChI=1S/C20H24N2O2S/c1-11-10-12(2)14(4)18(13(11)3)25-15(5)20(24)22-17-8-6-16(7-9-17)19(21)23/h6-10,15H,1-5H3,(H2,21,23)(H,22,24)/t15-/m1/s1. The molecule has 0 spiro atoms. The lowest BCUT2D eigenvalue weighted by molar-refractivity contribution is -0.115. The summed E-state index contributed by atoms with van der Waals surface area (Å²) in [5, 5.41) is 2.64. The Balaban J connectivity index is 2.12. The summed E-state index contributed by atoms with van der Waals surface area (Å²) >= 11 is 1.57. The van der Waals surface area contributed by atoms with Crippen LogP contribution in [0.1, 0.15) is 39.5 Å². The van der Waals surface area contributed by atoms with Crippen LogP contribution >= 0.6 is 11.8 Å². The summed E-state index contributed by atoms with van der Waals surface area (Å²) in [5.41, 5.74) is 11.2. The van der Waals surface area contributed by atoms with Gasteiger partial charge in [0.2, 0.25) is 11.8 Å². The van der Waals surface area contributed by atoms with Gasteiger partial charge in [-0.05, 0) is 81.1 Å². The number of nitrogens with one attached hydrogen (secondary N) is 1. The highest BCUT2D eigenvalue weighted by Crippen LogP contribution is 2.33. The molecule has 0 heterocycles. The first-order valence-corrected chi connectivity index (χ1v) is 9.03. The van der Waals surface area contributed by atoms with E-state index in [2.05, 4.69) is 39.1 Å². The van der Waals surface area contributed by atoms with Crippen molar-refractivity contribution >= 4 is 29.3 Å². The molecule has 0 bridgehead atoms. The van der Waals surface area contributed by atoms with E-state index in [1.165, 1.54) is 27.1 Å². The van der Waals surface area contributed by atoms with E-state index in [1.807, 2.05) is 6.92 Å². The number of primary amides is 1. The van der Waals surface area contributed by atoms with Gasteiger partial charge < -0.3 is 11.1 Å². The van der Waals surface area contributed by atoms with Crippen molar-refractivity contribution in [1.29, 1.82) is 0 Å². The Morgan fingerprint density at radius 2 is 1.52 bits per heavy atom. The van der Waals surface area contributed by atoms with Crippen LogP contribution in [-0.4, -0.2) is 17.1 Å². The predicted octanol–water partition coefficient (Wildman–Crippen LogP) is 4.14. The minimum absolute atomic E-state index is 0.0743. The number of carbonyl (C=O) groups excluding carboxylic acids is 2. The Labute approximate surface area is 153 Å². The maximum Gasteiger partial charge on any atom is 0.248 e. The van der Waals surface area contributed by atoms with Crippen LogP contribution in [0.3, 0.4) is 0 Å². The van der Waals surface area contributed by atoms with E-state index < -0.39 is 5.91 Å². The first-order chi connectivity index (χ1) is 11.7. The van der Waals surface area contributed by atoms with Gasteiger partial charge in [-0.1, -0.05) is 6.07 Å². The van der Waals surface area contributed by atoms with Crippen molar-refractivity contribution in [3.05, 3.63) is 58.1 Å². The van der Waals surface area contributed by atoms with Gasteiger partial charge in [-0.2, -0.15) is 0 Å². The molecule has 5 heteroatoms. The second kappa shape index (κ2) is 7.74. The Kier molecular flexibility index (Phi) is 5.90. The quantitative estimate of drug-likeness (QED) is 0.791. The Morgan fingerprint density at radius 3 is 2.00 bits per heavy atom. The normalized spacial score (nSPS) is 11.9. The van der Waals surface area contributed by atoms with E-state index in [-0.39, 0.29) is 11.2 Å². The zero-order chi connectivity index (χ0) is 18.7. The van der Waals surface area contributed by atoms with E-state index in [4.69, 9.17) is 5.73 Å². The van der Waals surface area contributed by atoms with Crippen LogP contribution in [0.5, 0.6) is 0 Å². The second-order valence-electron chi connectivity index (χ2n) is 6.28. The fourth-order valence-electron chi connectivity index (χ4n) is 2.55. The number of aryl methyl sites for hydroxylation is 2. The molecule has 132 valence electrons. The number of benzene rings is 2. The molecule has 0 unspecified atom stereocenters. The fourth-order valence-corrected chi connectivity index (χ4v) is 3.74. The van der Waals surface area contributed by atoms with Crippen LogP contribution < -0.4 is 11.1 Å². The number of rotatable bonds is 5. The molecule has 25 heavy (non-hydrogen) atoms. The van der Waals surface area contributed by atoms with Crippen LogP contribution in [0, 0.1) is 27.7 Å². The summed E-state index contributed by atoms with van der Waals surface area (Å²) in [7, 11) is 0. The molecule has 4 nitrogen and oxygen atoms in total. The number of thioether (sulfide) groups is 1. The average Bonchev–Trinajstić information content (AvgIpc) is 2.57. The van der Waals surface area contributed by atoms with E-state index >= 15 is 0 Å². The van der Waals surface area contributed by atoms with Gasteiger partial charge in [0.15, 0.2) is 0 Å². The molecular formula is C20H24N2O2S. The second-order valence-corrected chi connectivity index (χ2v) is 7.63. The molecule has 1 atom stereocenters. The van der Waals surface area contributed by atoms with Gasteiger partial charge in [0.25, 0.3) is 0 Å². The van der Waals surface area contributed by atoms with E-state index in [0.717, 1.165) is 0 Å². The topological polar surface area (TPSA) is 72.2 Å². The van der Waals surface area contributed by atoms with Crippen molar-refractivity contribution in [2.24, 2.45) is 5.73 Å². The Hall–Kier alpha value is -2.27. The molecule has 0 aliphatic rings. The lowest BCUT2D eigenvalue weighted by Gasteiger charge is -2.18. The molecular weight excluding hydrogens is 332 g/mol. The maximum absolute atomic E-state index is 12.5. The molecule has 3 N–H and O–H groups in total. The van der Waals surface area contributed by atoms with E-state index in [1.54, 1.807) is 36.0 Å².